The van der Waals surface area contributed by atoms with Gasteiger partial charge in [0.25, 0.3) is 0 Å². The van der Waals surface area contributed by atoms with E-state index in [4.69, 9.17) is 4.74 Å². The molecule has 2 aromatic heterocycles. The van der Waals surface area contributed by atoms with E-state index in [0.717, 1.165) is 40.9 Å². The summed E-state index contributed by atoms with van der Waals surface area (Å²) in [5.74, 6) is 1.39. The van der Waals surface area contributed by atoms with Crippen LogP contribution in [-0.2, 0) is 4.74 Å². The predicted octanol–water partition coefficient (Wildman–Crippen LogP) is 3.00. The van der Waals surface area contributed by atoms with Gasteiger partial charge < -0.3 is 9.72 Å². The van der Waals surface area contributed by atoms with Crippen molar-refractivity contribution in [2.45, 2.75) is 31.8 Å². The first-order chi connectivity index (χ1) is 8.28. The monoisotopic (exact) mass is 295 g/mol. The highest BCUT2D eigenvalue weighted by molar-refractivity contribution is 9.10. The summed E-state index contributed by atoms with van der Waals surface area (Å²) in [5, 5.41) is 0. The molecule has 2 atom stereocenters. The van der Waals surface area contributed by atoms with Crippen LogP contribution in [0.1, 0.15) is 31.5 Å². The molecule has 1 N–H and O–H groups in total. The molecule has 2 unspecified atom stereocenters. The lowest BCUT2D eigenvalue weighted by molar-refractivity contribution is 0.0996. The van der Waals surface area contributed by atoms with Gasteiger partial charge in [-0.1, -0.05) is 6.92 Å². The van der Waals surface area contributed by atoms with E-state index in [0.29, 0.717) is 12.0 Å². The summed E-state index contributed by atoms with van der Waals surface area (Å²) < 4.78 is 6.67. The van der Waals surface area contributed by atoms with Gasteiger partial charge in [0.2, 0.25) is 0 Å². The van der Waals surface area contributed by atoms with Crippen LogP contribution in [0.2, 0.25) is 0 Å². The summed E-state index contributed by atoms with van der Waals surface area (Å²) in [6, 6.07) is 2.01. The Kier molecular flexibility index (Phi) is 2.88. The molecule has 0 radical (unpaired) electrons. The first kappa shape index (κ1) is 11.2. The van der Waals surface area contributed by atoms with Crippen molar-refractivity contribution in [2.24, 2.45) is 0 Å². The van der Waals surface area contributed by atoms with E-state index in [2.05, 4.69) is 37.8 Å². The van der Waals surface area contributed by atoms with Gasteiger partial charge in [-0.2, -0.15) is 0 Å². The van der Waals surface area contributed by atoms with Gasteiger partial charge in [-0.15, -0.1) is 0 Å². The number of ether oxygens (including phenoxy) is 1. The minimum Gasteiger partial charge on any atom is -0.377 e. The van der Waals surface area contributed by atoms with E-state index < -0.39 is 0 Å². The summed E-state index contributed by atoms with van der Waals surface area (Å²) in [6.45, 7) is 2.98. The molecule has 1 fully saturated rings. The highest BCUT2D eigenvalue weighted by atomic mass is 79.9. The minimum atomic E-state index is 0.291. The second kappa shape index (κ2) is 4.38. The second-order valence-corrected chi connectivity index (χ2v) is 5.28. The standard InChI is InChI=1S/C12H14BrN3O/c1-2-10-8(3-4-17-10)11-15-9-5-7(13)6-14-12(9)16-11/h5-6,8,10H,2-4H2,1H3,(H,14,15,16). The quantitative estimate of drug-likeness (QED) is 0.927. The van der Waals surface area contributed by atoms with Crippen LogP contribution in [0.15, 0.2) is 16.7 Å². The number of aromatic amines is 1. The summed E-state index contributed by atoms with van der Waals surface area (Å²) in [7, 11) is 0. The molecule has 3 rings (SSSR count). The molecule has 2 aromatic rings. The first-order valence-corrected chi connectivity index (χ1v) is 6.70. The Morgan fingerprint density at radius 3 is 3.29 bits per heavy atom. The van der Waals surface area contributed by atoms with E-state index >= 15 is 0 Å². The summed E-state index contributed by atoms with van der Waals surface area (Å²) in [6.07, 6.45) is 4.13. The number of hydrogen-bond donors (Lipinski definition) is 1. The summed E-state index contributed by atoms with van der Waals surface area (Å²) >= 11 is 3.42. The number of fused-ring (bicyclic) bond motifs is 1. The molecule has 4 nitrogen and oxygen atoms in total. The molecule has 1 saturated heterocycles. The van der Waals surface area contributed by atoms with E-state index in [1.165, 1.54) is 0 Å². The van der Waals surface area contributed by atoms with Crippen molar-refractivity contribution >= 4 is 27.1 Å². The summed E-state index contributed by atoms with van der Waals surface area (Å²) in [5.41, 5.74) is 1.76. The average Bonchev–Trinajstić information content (AvgIpc) is 2.93. The molecule has 0 saturated carbocycles. The third kappa shape index (κ3) is 1.98. The Labute approximate surface area is 108 Å². The molecule has 90 valence electrons. The van der Waals surface area contributed by atoms with E-state index in [-0.39, 0.29) is 0 Å². The number of pyridine rings is 1. The highest BCUT2D eigenvalue weighted by Crippen LogP contribution is 2.32. The van der Waals surface area contributed by atoms with Crippen LogP contribution in [0.4, 0.5) is 0 Å². The molecule has 1 aliphatic rings. The molecule has 3 heterocycles. The molecule has 0 aliphatic carbocycles. The van der Waals surface area contributed by atoms with Crippen molar-refractivity contribution < 1.29 is 4.74 Å². The molecule has 5 heteroatoms. The number of nitrogens with one attached hydrogen (secondary N) is 1. The van der Waals surface area contributed by atoms with Crippen molar-refractivity contribution in [2.75, 3.05) is 6.61 Å². The van der Waals surface area contributed by atoms with E-state index in [1.807, 2.05) is 6.07 Å². The zero-order valence-electron chi connectivity index (χ0n) is 9.61. The Hall–Kier alpha value is -0.940. The van der Waals surface area contributed by atoms with Gasteiger partial charge in [0.15, 0.2) is 5.65 Å². The number of imidazole rings is 1. The lowest BCUT2D eigenvalue weighted by atomic mass is 9.99. The van der Waals surface area contributed by atoms with Gasteiger partial charge >= 0.3 is 0 Å². The van der Waals surface area contributed by atoms with Crippen LogP contribution in [-0.4, -0.2) is 27.7 Å². The fourth-order valence-electron chi connectivity index (χ4n) is 2.43. The maximum Gasteiger partial charge on any atom is 0.177 e. The van der Waals surface area contributed by atoms with Crippen LogP contribution in [0, 0.1) is 0 Å². The van der Waals surface area contributed by atoms with Gasteiger partial charge in [-0.3, -0.25) is 0 Å². The fourth-order valence-corrected chi connectivity index (χ4v) is 2.76. The van der Waals surface area contributed by atoms with Gasteiger partial charge in [-0.25, -0.2) is 9.97 Å². The fraction of sp³-hybridized carbons (Fsp3) is 0.500. The molecule has 0 bridgehead atoms. The van der Waals surface area contributed by atoms with Gasteiger partial charge in [-0.05, 0) is 34.8 Å². The molecule has 17 heavy (non-hydrogen) atoms. The van der Waals surface area contributed by atoms with Crippen LogP contribution < -0.4 is 0 Å². The largest absolute Gasteiger partial charge is 0.377 e. The van der Waals surface area contributed by atoms with Gasteiger partial charge in [0.1, 0.15) is 5.82 Å². The SMILES string of the molecule is CCC1OCCC1c1nc2ncc(Br)cc2[nH]1. The van der Waals surface area contributed by atoms with Crippen LogP contribution in [0.5, 0.6) is 0 Å². The van der Waals surface area contributed by atoms with E-state index in [1.54, 1.807) is 6.20 Å². The Balaban J connectivity index is 2.00. The van der Waals surface area contributed by atoms with Crippen LogP contribution in [0.25, 0.3) is 11.2 Å². The first-order valence-electron chi connectivity index (χ1n) is 5.90. The normalized spacial score (nSPS) is 24.6. The number of nitrogens with zero attached hydrogens (tertiary/aromatic N) is 2. The lowest BCUT2D eigenvalue weighted by Gasteiger charge is -2.13. The van der Waals surface area contributed by atoms with Gasteiger partial charge in [0.05, 0.1) is 11.6 Å². The molecule has 0 spiro atoms. The number of hydrogen-bond acceptors (Lipinski definition) is 3. The predicted molar refractivity (Wildman–Crippen MR) is 69.0 cm³/mol. The number of aromatic nitrogens is 3. The van der Waals surface area contributed by atoms with Crippen molar-refractivity contribution in [3.63, 3.8) is 0 Å². The van der Waals surface area contributed by atoms with E-state index in [9.17, 15) is 0 Å². The Morgan fingerprint density at radius 2 is 2.47 bits per heavy atom. The second-order valence-electron chi connectivity index (χ2n) is 4.36. The highest BCUT2D eigenvalue weighted by Gasteiger charge is 2.30. The number of rotatable bonds is 2. The number of H-pyrrole nitrogens is 1. The third-order valence-electron chi connectivity index (χ3n) is 3.29. The van der Waals surface area contributed by atoms with Crippen LogP contribution in [0.3, 0.4) is 0 Å². The van der Waals surface area contributed by atoms with Crippen molar-refractivity contribution in [1.29, 1.82) is 0 Å². The minimum absolute atomic E-state index is 0.291. The van der Waals surface area contributed by atoms with Crippen molar-refractivity contribution in [1.82, 2.24) is 15.0 Å². The summed E-state index contributed by atoms with van der Waals surface area (Å²) in [4.78, 5) is 12.2. The Morgan fingerprint density at radius 1 is 1.59 bits per heavy atom. The van der Waals surface area contributed by atoms with Crippen molar-refractivity contribution in [3.8, 4) is 0 Å². The van der Waals surface area contributed by atoms with Gasteiger partial charge in [0, 0.05) is 23.2 Å². The zero-order chi connectivity index (χ0) is 11.8. The third-order valence-corrected chi connectivity index (χ3v) is 3.72. The average molecular weight is 296 g/mol. The molecule has 1 aliphatic heterocycles. The lowest BCUT2D eigenvalue weighted by Crippen LogP contribution is -2.14. The molecule has 0 amide bonds. The molecule has 0 aromatic carbocycles. The topological polar surface area (TPSA) is 50.8 Å². The number of halogens is 1. The van der Waals surface area contributed by atoms with Crippen LogP contribution >= 0.6 is 15.9 Å². The maximum absolute atomic E-state index is 5.70. The maximum atomic E-state index is 5.70. The molecular formula is C12H14BrN3O. The zero-order valence-corrected chi connectivity index (χ0v) is 11.2. The molecular weight excluding hydrogens is 282 g/mol. The van der Waals surface area contributed by atoms with Crippen molar-refractivity contribution in [3.05, 3.63) is 22.6 Å². The Bertz CT molecular complexity index is 540. The smallest absolute Gasteiger partial charge is 0.177 e.